The smallest absolute Gasteiger partial charge is 0.320 e. The summed E-state index contributed by atoms with van der Waals surface area (Å²) in [5.74, 6) is 0.634. The third-order valence-corrected chi connectivity index (χ3v) is 5.46. The summed E-state index contributed by atoms with van der Waals surface area (Å²) >= 11 is 0. The van der Waals surface area contributed by atoms with E-state index in [4.69, 9.17) is 5.73 Å². The van der Waals surface area contributed by atoms with Gasteiger partial charge in [-0.05, 0) is 42.5 Å². The molecule has 0 radical (unpaired) electrons. The zero-order chi connectivity index (χ0) is 19.7. The van der Waals surface area contributed by atoms with Gasteiger partial charge in [0.05, 0.1) is 6.10 Å². The second-order valence-corrected chi connectivity index (χ2v) is 7.50. The van der Waals surface area contributed by atoms with Gasteiger partial charge in [-0.25, -0.2) is 9.78 Å². The molecule has 1 unspecified atom stereocenters. The Morgan fingerprint density at radius 1 is 1.25 bits per heavy atom. The van der Waals surface area contributed by atoms with E-state index in [9.17, 15) is 15.0 Å². The molecule has 148 valence electrons. The van der Waals surface area contributed by atoms with Crippen molar-refractivity contribution in [3.63, 3.8) is 0 Å². The number of fused-ring (bicyclic) bond motifs is 1. The number of amides is 2. The van der Waals surface area contributed by atoms with Crippen molar-refractivity contribution in [2.75, 3.05) is 24.5 Å². The quantitative estimate of drug-likeness (QED) is 0.723. The van der Waals surface area contributed by atoms with Gasteiger partial charge in [-0.15, -0.1) is 0 Å². The summed E-state index contributed by atoms with van der Waals surface area (Å²) in [6, 6.07) is 3.55. The highest BCUT2D eigenvalue weighted by molar-refractivity contribution is 5.91. The average Bonchev–Trinajstić information content (AvgIpc) is 3.13. The minimum Gasteiger partial charge on any atom is -0.392 e. The number of aryl methyl sites for hydroxylation is 1. The summed E-state index contributed by atoms with van der Waals surface area (Å²) in [5.41, 5.74) is 9.21. The molecule has 4 N–H and O–H groups in total. The maximum absolute atomic E-state index is 11.6. The monoisotopic (exact) mass is 383 g/mol. The van der Waals surface area contributed by atoms with Gasteiger partial charge >= 0.3 is 6.03 Å². The molecule has 4 heterocycles. The van der Waals surface area contributed by atoms with E-state index in [2.05, 4.69) is 9.97 Å². The molecule has 1 fully saturated rings. The van der Waals surface area contributed by atoms with E-state index >= 15 is 0 Å². The van der Waals surface area contributed by atoms with E-state index < -0.39 is 12.3 Å². The van der Waals surface area contributed by atoms with Crippen LogP contribution < -0.4 is 10.6 Å². The van der Waals surface area contributed by atoms with Crippen molar-refractivity contribution in [2.24, 2.45) is 5.73 Å². The van der Waals surface area contributed by atoms with Crippen LogP contribution in [-0.2, 0) is 12.8 Å². The van der Waals surface area contributed by atoms with E-state index in [0.29, 0.717) is 38.3 Å². The highest BCUT2D eigenvalue weighted by Gasteiger charge is 2.26. The number of urea groups is 1. The summed E-state index contributed by atoms with van der Waals surface area (Å²) in [6.45, 7) is 1.79. The Kier molecular flexibility index (Phi) is 5.25. The predicted molar refractivity (Wildman–Crippen MR) is 105 cm³/mol. The lowest BCUT2D eigenvalue weighted by Crippen LogP contribution is -2.40. The van der Waals surface area contributed by atoms with Crippen molar-refractivity contribution in [1.29, 1.82) is 0 Å². The van der Waals surface area contributed by atoms with Crippen LogP contribution in [0.2, 0.25) is 0 Å². The van der Waals surface area contributed by atoms with Crippen LogP contribution in [0.1, 0.15) is 24.0 Å². The van der Waals surface area contributed by atoms with E-state index in [1.54, 1.807) is 18.6 Å². The Labute approximate surface area is 163 Å². The first kappa shape index (κ1) is 18.8. The number of hydrogen-bond acceptors (Lipinski definition) is 6. The molecule has 0 saturated carbocycles. The molecule has 2 aliphatic heterocycles. The van der Waals surface area contributed by atoms with Crippen LogP contribution in [-0.4, -0.2) is 63.1 Å². The fourth-order valence-electron chi connectivity index (χ4n) is 3.97. The third kappa shape index (κ3) is 3.84. The summed E-state index contributed by atoms with van der Waals surface area (Å²) in [5, 5.41) is 20.1. The van der Waals surface area contributed by atoms with Crippen LogP contribution in [0.25, 0.3) is 11.1 Å². The molecule has 28 heavy (non-hydrogen) atoms. The first-order valence-corrected chi connectivity index (χ1v) is 9.61. The van der Waals surface area contributed by atoms with Gasteiger partial charge in [-0.2, -0.15) is 0 Å². The lowest BCUT2D eigenvalue weighted by Gasteiger charge is -2.27. The van der Waals surface area contributed by atoms with Gasteiger partial charge in [0.25, 0.3) is 0 Å². The number of aliphatic hydroxyl groups is 2. The minimum absolute atomic E-state index is 0.361. The number of likely N-dealkylation sites (tertiary alicyclic amines) is 1. The second kappa shape index (κ2) is 7.83. The topological polar surface area (TPSA) is 116 Å². The molecule has 1 saturated heterocycles. The first-order valence-electron chi connectivity index (χ1n) is 9.61. The molecule has 8 nitrogen and oxygen atoms in total. The van der Waals surface area contributed by atoms with Crippen LogP contribution in [0, 0.1) is 0 Å². The number of rotatable bonds is 4. The Bertz CT molecular complexity index is 875. The van der Waals surface area contributed by atoms with E-state index in [1.807, 2.05) is 17.0 Å². The fourth-order valence-corrected chi connectivity index (χ4v) is 3.97. The number of β-amino-alcohol motifs (C(OH)–C–C–N with tert-alkyl or cyclic N) is 1. The van der Waals surface area contributed by atoms with Gasteiger partial charge < -0.3 is 15.9 Å². The lowest BCUT2D eigenvalue weighted by atomic mass is 10.00. The third-order valence-electron chi connectivity index (χ3n) is 5.46. The van der Waals surface area contributed by atoms with Crippen molar-refractivity contribution in [3.8, 4) is 11.1 Å². The molecule has 2 atom stereocenters. The average molecular weight is 383 g/mol. The zero-order valence-corrected chi connectivity index (χ0v) is 15.7. The molecule has 2 aliphatic rings. The number of carbonyl (C=O) groups excluding carboxylic acids is 1. The number of nitrogens with two attached hydrogens (primary N) is 1. The summed E-state index contributed by atoms with van der Waals surface area (Å²) in [7, 11) is 0. The number of primary amides is 1. The van der Waals surface area contributed by atoms with Crippen molar-refractivity contribution in [3.05, 3.63) is 41.9 Å². The van der Waals surface area contributed by atoms with Crippen LogP contribution in [0.15, 0.2) is 30.7 Å². The van der Waals surface area contributed by atoms with Crippen molar-refractivity contribution < 1.29 is 15.0 Å². The number of carbonyl (C=O) groups is 1. The molecule has 4 rings (SSSR count). The van der Waals surface area contributed by atoms with E-state index in [0.717, 1.165) is 35.1 Å². The van der Waals surface area contributed by atoms with Gasteiger partial charge in [0.15, 0.2) is 0 Å². The normalized spacial score (nSPS) is 20.8. The van der Waals surface area contributed by atoms with Crippen molar-refractivity contribution in [1.82, 2.24) is 14.9 Å². The summed E-state index contributed by atoms with van der Waals surface area (Å²) < 4.78 is 0. The fraction of sp³-hybridized carbons (Fsp3) is 0.450. The van der Waals surface area contributed by atoms with Crippen molar-refractivity contribution >= 4 is 11.8 Å². The summed E-state index contributed by atoms with van der Waals surface area (Å²) in [4.78, 5) is 23.8. The standard InChI is InChI=1S/C20H25N5O3/c21-20(28)25-4-1-2-14-8-16(11-23-19(14)25)15-6-13(9-22-10-15)7-18(27)24-5-3-17(26)12-24/h6,8-11,17-18,26-27H,1-5,7,12H2,(H2,21,28)/t17-,18?/m0/s1. The molecule has 0 aliphatic carbocycles. The number of aliphatic hydroxyl groups excluding tert-OH is 2. The van der Waals surface area contributed by atoms with Crippen LogP contribution in [0.4, 0.5) is 10.6 Å². The number of nitrogens with zero attached hydrogens (tertiary/aromatic N) is 4. The molecular formula is C20H25N5O3. The number of pyridine rings is 2. The molecule has 8 heteroatoms. The van der Waals surface area contributed by atoms with Crippen LogP contribution in [0.5, 0.6) is 0 Å². The van der Waals surface area contributed by atoms with Gasteiger partial charge in [0, 0.05) is 55.8 Å². The Morgan fingerprint density at radius 3 is 2.82 bits per heavy atom. The second-order valence-electron chi connectivity index (χ2n) is 7.50. The Balaban J connectivity index is 1.54. The highest BCUT2D eigenvalue weighted by Crippen LogP contribution is 2.29. The maximum atomic E-state index is 11.6. The predicted octanol–water partition coefficient (Wildman–Crippen LogP) is 0.902. The van der Waals surface area contributed by atoms with Gasteiger partial charge in [-0.3, -0.25) is 14.8 Å². The molecule has 0 spiro atoms. The largest absolute Gasteiger partial charge is 0.392 e. The van der Waals surface area contributed by atoms with Gasteiger partial charge in [0.2, 0.25) is 0 Å². The van der Waals surface area contributed by atoms with E-state index in [-0.39, 0.29) is 6.10 Å². The molecule has 0 bridgehead atoms. The van der Waals surface area contributed by atoms with Crippen LogP contribution in [0.3, 0.4) is 0 Å². The molecule has 0 aromatic carbocycles. The van der Waals surface area contributed by atoms with E-state index in [1.165, 1.54) is 4.90 Å². The Hall–Kier alpha value is -2.55. The molecular weight excluding hydrogens is 358 g/mol. The van der Waals surface area contributed by atoms with Crippen molar-refractivity contribution in [2.45, 2.75) is 38.0 Å². The lowest BCUT2D eigenvalue weighted by molar-refractivity contribution is 0.0126. The SMILES string of the molecule is NC(=O)N1CCCc2cc(-c3cncc(CC(O)N4CC[C@H](O)C4)c3)cnc21. The number of hydrogen-bond donors (Lipinski definition) is 3. The number of aromatic nitrogens is 2. The maximum Gasteiger partial charge on any atom is 0.320 e. The molecule has 2 amide bonds. The Morgan fingerprint density at radius 2 is 2.07 bits per heavy atom. The summed E-state index contributed by atoms with van der Waals surface area (Å²) in [6.07, 6.45) is 7.10. The molecule has 2 aromatic heterocycles. The molecule has 2 aromatic rings. The first-order chi connectivity index (χ1) is 13.5. The van der Waals surface area contributed by atoms with Crippen LogP contribution >= 0.6 is 0 Å². The van der Waals surface area contributed by atoms with Gasteiger partial charge in [0.1, 0.15) is 12.0 Å². The van der Waals surface area contributed by atoms with Gasteiger partial charge in [-0.1, -0.05) is 0 Å². The highest BCUT2D eigenvalue weighted by atomic mass is 16.3. The number of anilines is 1. The minimum atomic E-state index is -0.639. The zero-order valence-electron chi connectivity index (χ0n) is 15.7.